The highest BCUT2D eigenvalue weighted by Gasteiger charge is 2.47. The fourth-order valence-electron chi connectivity index (χ4n) is 6.28. The molecule has 2 aromatic heterocycles. The number of halogens is 4. The van der Waals surface area contributed by atoms with Crippen molar-refractivity contribution in [3.05, 3.63) is 80.1 Å². The largest absolute Gasteiger partial charge is 0.377 e. The maximum atomic E-state index is 15.6. The van der Waals surface area contributed by atoms with E-state index in [1.54, 1.807) is 22.9 Å². The molecule has 2 amide bonds. The van der Waals surface area contributed by atoms with Crippen LogP contribution in [0, 0.1) is 5.82 Å². The van der Waals surface area contributed by atoms with Gasteiger partial charge in [0, 0.05) is 54.1 Å². The Morgan fingerprint density at radius 3 is 2.49 bits per heavy atom. The summed E-state index contributed by atoms with van der Waals surface area (Å²) in [7, 11) is 0. The number of amides is 2. The van der Waals surface area contributed by atoms with E-state index in [1.807, 2.05) is 0 Å². The number of pyridine rings is 2. The Bertz CT molecular complexity index is 1780. The van der Waals surface area contributed by atoms with Crippen molar-refractivity contribution in [1.82, 2.24) is 19.8 Å². The smallest absolute Gasteiger partial charge is 0.282 e. The topological polar surface area (TPSA) is 106 Å². The van der Waals surface area contributed by atoms with Crippen LogP contribution in [0.25, 0.3) is 11.1 Å². The molecule has 0 radical (unpaired) electrons. The number of carbonyl (C=O) groups excluding carboxylic acids is 2. The van der Waals surface area contributed by atoms with Crippen molar-refractivity contribution in [1.29, 1.82) is 0 Å². The number of likely N-dealkylation sites (tertiary alicyclic amines) is 1. The van der Waals surface area contributed by atoms with Crippen LogP contribution in [-0.2, 0) is 11.3 Å². The molecular weight excluding hydrogens is 635 g/mol. The molecule has 2 N–H and O–H groups in total. The van der Waals surface area contributed by atoms with Crippen LogP contribution < -0.4 is 16.2 Å². The van der Waals surface area contributed by atoms with E-state index in [4.69, 9.17) is 16.3 Å². The number of carbonyl (C=O) groups is 2. The lowest BCUT2D eigenvalue weighted by Crippen LogP contribution is -2.58. The number of anilines is 1. The average molecular weight is 670 g/mol. The number of nitrogens with one attached hydrogen (secondary N) is 2. The van der Waals surface area contributed by atoms with Gasteiger partial charge in [-0.15, -0.1) is 0 Å². The molecule has 2 saturated heterocycles. The van der Waals surface area contributed by atoms with Gasteiger partial charge in [0.15, 0.2) is 0 Å². The quantitative estimate of drug-likeness (QED) is 0.278. The van der Waals surface area contributed by atoms with Crippen LogP contribution >= 0.6 is 11.6 Å². The summed E-state index contributed by atoms with van der Waals surface area (Å²) in [5.41, 5.74) is 0.853. The monoisotopic (exact) mass is 669 g/mol. The van der Waals surface area contributed by atoms with E-state index < -0.39 is 42.2 Å². The zero-order chi connectivity index (χ0) is 32.9. The van der Waals surface area contributed by atoms with Crippen molar-refractivity contribution < 1.29 is 27.5 Å². The van der Waals surface area contributed by atoms with Crippen molar-refractivity contribution in [3.63, 3.8) is 0 Å². The van der Waals surface area contributed by atoms with Crippen LogP contribution in [0.4, 0.5) is 19.0 Å². The van der Waals surface area contributed by atoms with Gasteiger partial charge in [0.25, 0.3) is 23.3 Å². The molecule has 248 valence electrons. The molecule has 2 aliphatic heterocycles. The lowest BCUT2D eigenvalue weighted by atomic mass is 9.96. The highest BCUT2D eigenvalue weighted by molar-refractivity contribution is 6.31. The number of hydrogen-bond donors (Lipinski definition) is 2. The first-order valence-corrected chi connectivity index (χ1v) is 16.5. The Morgan fingerprint density at radius 1 is 1.02 bits per heavy atom. The number of benzene rings is 1. The lowest BCUT2D eigenvalue weighted by molar-refractivity contribution is -0.113. The first-order chi connectivity index (χ1) is 22.5. The van der Waals surface area contributed by atoms with E-state index in [9.17, 15) is 23.2 Å². The average Bonchev–Trinajstić information content (AvgIpc) is 3.94. The van der Waals surface area contributed by atoms with Gasteiger partial charge < -0.3 is 24.8 Å². The van der Waals surface area contributed by atoms with Crippen molar-refractivity contribution in [3.8, 4) is 11.1 Å². The van der Waals surface area contributed by atoms with Crippen molar-refractivity contribution in [2.24, 2.45) is 0 Å². The fraction of sp³-hybridized carbons (Fsp3) is 0.471. The van der Waals surface area contributed by atoms with Crippen LogP contribution in [-0.4, -0.2) is 64.5 Å². The van der Waals surface area contributed by atoms with Gasteiger partial charge in [-0.2, -0.15) is 0 Å². The van der Waals surface area contributed by atoms with E-state index in [0.717, 1.165) is 68.1 Å². The standard InChI is InChI=1S/C34H35ClF3N5O4/c35-22-12-25(32(45)42-17-34(37,38)18-42)30(27(36)13-22)21-10-28(20-4-5-20)40-29(11-21)41-31(44)26-9-19(16-43(33(26)46)23-6-7-23)14-39-15-24-3-1-2-8-47-24/h9-13,16,20,23-24,39H,1-8,14-15,17-18H2,(H,40,41,44)/t24-/m0/s1. The summed E-state index contributed by atoms with van der Waals surface area (Å²) in [4.78, 5) is 45.9. The molecule has 0 spiro atoms. The van der Waals surface area contributed by atoms with Crippen LogP contribution in [0.1, 0.15) is 88.9 Å². The summed E-state index contributed by atoms with van der Waals surface area (Å²) in [5.74, 6) is -5.11. The molecule has 7 rings (SSSR count). The van der Waals surface area contributed by atoms with Gasteiger partial charge in [-0.3, -0.25) is 14.4 Å². The molecule has 2 aliphatic carbocycles. The highest BCUT2D eigenvalue weighted by atomic mass is 35.5. The molecule has 9 nitrogen and oxygen atoms in total. The zero-order valence-electron chi connectivity index (χ0n) is 25.7. The Hall–Kier alpha value is -3.74. The third-order valence-corrected chi connectivity index (χ3v) is 9.27. The Morgan fingerprint density at radius 2 is 1.81 bits per heavy atom. The minimum atomic E-state index is -3.00. The van der Waals surface area contributed by atoms with Crippen LogP contribution in [0.5, 0.6) is 0 Å². The molecule has 1 atom stereocenters. The maximum Gasteiger partial charge on any atom is 0.282 e. The number of rotatable bonds is 10. The van der Waals surface area contributed by atoms with E-state index in [1.165, 1.54) is 12.1 Å². The number of nitrogens with zero attached hydrogens (tertiary/aromatic N) is 3. The lowest BCUT2D eigenvalue weighted by Gasteiger charge is -2.39. The SMILES string of the molecule is O=C(Nc1cc(-c2c(F)cc(Cl)cc2C(=O)N2CC(F)(F)C2)cc(C2CC2)n1)c1cc(CNC[C@@H]2CCCCO2)cn(C2CC2)c1=O. The third kappa shape index (κ3) is 7.09. The first-order valence-electron chi connectivity index (χ1n) is 16.1. The van der Waals surface area contributed by atoms with Gasteiger partial charge in [0.2, 0.25) is 0 Å². The minimum absolute atomic E-state index is 0.0359. The molecule has 13 heteroatoms. The van der Waals surface area contributed by atoms with Gasteiger partial charge in [0.1, 0.15) is 17.2 Å². The summed E-state index contributed by atoms with van der Waals surface area (Å²) < 4.78 is 50.2. The van der Waals surface area contributed by atoms with Crippen LogP contribution in [0.3, 0.4) is 0 Å². The Balaban J connectivity index is 1.18. The number of ether oxygens (including phenoxy) is 1. The van der Waals surface area contributed by atoms with Gasteiger partial charge in [0.05, 0.1) is 24.8 Å². The van der Waals surface area contributed by atoms with E-state index in [2.05, 4.69) is 15.6 Å². The van der Waals surface area contributed by atoms with Gasteiger partial charge in [-0.05, 0) is 86.4 Å². The van der Waals surface area contributed by atoms with Crippen molar-refractivity contribution in [2.45, 2.75) is 75.5 Å². The summed E-state index contributed by atoms with van der Waals surface area (Å²) in [6, 6.07) is 6.99. The molecule has 0 unspecified atom stereocenters. The summed E-state index contributed by atoms with van der Waals surface area (Å²) in [6.07, 6.45) is 8.49. The maximum absolute atomic E-state index is 15.6. The molecule has 3 aromatic rings. The highest BCUT2D eigenvalue weighted by Crippen LogP contribution is 2.42. The van der Waals surface area contributed by atoms with Gasteiger partial charge in [-0.1, -0.05) is 11.6 Å². The predicted molar refractivity (Wildman–Crippen MR) is 170 cm³/mol. The zero-order valence-corrected chi connectivity index (χ0v) is 26.4. The second-order valence-corrected chi connectivity index (χ2v) is 13.5. The minimum Gasteiger partial charge on any atom is -0.377 e. The number of hydrogen-bond acceptors (Lipinski definition) is 6. The molecule has 0 bridgehead atoms. The van der Waals surface area contributed by atoms with Crippen LogP contribution in [0.2, 0.25) is 5.02 Å². The van der Waals surface area contributed by atoms with E-state index in [0.29, 0.717) is 18.8 Å². The molecule has 2 saturated carbocycles. The number of aromatic nitrogens is 2. The van der Waals surface area contributed by atoms with E-state index >= 15 is 4.39 Å². The summed E-state index contributed by atoms with van der Waals surface area (Å²) >= 11 is 6.10. The Kier molecular flexibility index (Phi) is 8.60. The molecule has 4 aliphatic rings. The molecule has 1 aromatic carbocycles. The predicted octanol–water partition coefficient (Wildman–Crippen LogP) is 5.92. The van der Waals surface area contributed by atoms with Gasteiger partial charge in [-0.25, -0.2) is 18.2 Å². The van der Waals surface area contributed by atoms with Gasteiger partial charge >= 0.3 is 0 Å². The van der Waals surface area contributed by atoms with Crippen LogP contribution in [0.15, 0.2) is 41.3 Å². The fourth-order valence-corrected chi connectivity index (χ4v) is 6.49. The molecular formula is C34H35ClF3N5O4. The second kappa shape index (κ2) is 12.7. The number of alkyl halides is 2. The van der Waals surface area contributed by atoms with Crippen molar-refractivity contribution in [2.75, 3.05) is 31.6 Å². The first kappa shape index (κ1) is 31.8. The third-order valence-electron chi connectivity index (χ3n) is 9.05. The molecule has 4 fully saturated rings. The summed E-state index contributed by atoms with van der Waals surface area (Å²) in [6.45, 7) is 0.316. The van der Waals surface area contributed by atoms with Crippen molar-refractivity contribution >= 4 is 29.2 Å². The van der Waals surface area contributed by atoms with E-state index in [-0.39, 0.29) is 51.2 Å². The molecule has 4 heterocycles. The summed E-state index contributed by atoms with van der Waals surface area (Å²) in [5, 5.41) is 6.07. The molecule has 47 heavy (non-hydrogen) atoms. The second-order valence-electron chi connectivity index (χ2n) is 13.0. The normalized spacial score (nSPS) is 20.5. The Labute approximate surface area is 274 Å².